The predicted octanol–water partition coefficient (Wildman–Crippen LogP) is 0.888. The van der Waals surface area contributed by atoms with Gasteiger partial charge in [0.2, 0.25) is 0 Å². The summed E-state index contributed by atoms with van der Waals surface area (Å²) in [7, 11) is 0. The molecule has 2 N–H and O–H groups in total. The van der Waals surface area contributed by atoms with Gasteiger partial charge in [0, 0.05) is 5.41 Å². The molecule has 0 saturated heterocycles. The van der Waals surface area contributed by atoms with E-state index in [1.54, 1.807) is 0 Å². The van der Waals surface area contributed by atoms with Crippen LogP contribution in [0, 0.1) is 0 Å². The van der Waals surface area contributed by atoms with E-state index >= 15 is 0 Å². The van der Waals surface area contributed by atoms with E-state index in [0.29, 0.717) is 6.42 Å². The van der Waals surface area contributed by atoms with E-state index in [4.69, 9.17) is 9.11 Å². The highest BCUT2D eigenvalue weighted by atomic mass is 32.2. The first-order valence-electron chi connectivity index (χ1n) is 3.06. The fourth-order valence-electron chi connectivity index (χ4n) is 0.547. The Morgan fingerprint density at radius 1 is 1.42 bits per heavy atom. The first-order valence-corrected chi connectivity index (χ1v) is 5.40. The van der Waals surface area contributed by atoms with Gasteiger partial charge in [-0.3, -0.25) is 0 Å². The van der Waals surface area contributed by atoms with Crippen molar-refractivity contribution in [2.45, 2.75) is 11.7 Å². The van der Waals surface area contributed by atoms with E-state index < -0.39 is 27.4 Å². The topological polar surface area (TPSA) is 74.6 Å². The first-order chi connectivity index (χ1) is 5.57. The number of hydrogen-bond acceptors (Lipinski definition) is 2. The number of allylic oxidation sites excluding steroid dienone is 1. The smallest absolute Gasteiger partial charge is 0.178 e. The summed E-state index contributed by atoms with van der Waals surface area (Å²) in [6, 6.07) is 0. The summed E-state index contributed by atoms with van der Waals surface area (Å²) in [5.41, 5.74) is 0. The minimum atomic E-state index is -2.07. The third kappa shape index (κ3) is 5.36. The van der Waals surface area contributed by atoms with E-state index in [1.165, 1.54) is 12.2 Å². The average molecular weight is 210 g/mol. The summed E-state index contributed by atoms with van der Waals surface area (Å²) in [6.45, 7) is 3.39. The van der Waals surface area contributed by atoms with Crippen molar-refractivity contribution >= 4 is 22.2 Å². The fourth-order valence-corrected chi connectivity index (χ4v) is 1.48. The SMILES string of the molecule is C=CCC(C=CS(=O)O)S(=O)O. The molecule has 0 aliphatic rings. The molecule has 3 atom stereocenters. The molecule has 0 aromatic heterocycles. The Balaban J connectivity index is 4.21. The second kappa shape index (κ2) is 6.24. The highest BCUT2D eigenvalue weighted by molar-refractivity contribution is 7.82. The molecule has 0 aliphatic heterocycles. The normalized spacial score (nSPS) is 18.8. The maximum absolute atomic E-state index is 10.5. The van der Waals surface area contributed by atoms with Gasteiger partial charge in [-0.2, -0.15) is 0 Å². The van der Waals surface area contributed by atoms with Crippen molar-refractivity contribution in [3.63, 3.8) is 0 Å². The Bertz CT molecular complexity index is 224. The molecule has 0 bridgehead atoms. The van der Waals surface area contributed by atoms with Crippen molar-refractivity contribution < 1.29 is 17.5 Å². The molecule has 0 radical (unpaired) electrons. The Hall–Kier alpha value is -0.300. The van der Waals surface area contributed by atoms with Gasteiger partial charge >= 0.3 is 0 Å². The van der Waals surface area contributed by atoms with Gasteiger partial charge in [0.1, 0.15) is 0 Å². The Labute approximate surface area is 75.9 Å². The standard InChI is InChI=1S/C6H10O4S2/c1-2-3-6(12(9)10)4-5-11(7)8/h2,4-6H,1,3H2,(H,7,8)(H,9,10). The second-order valence-corrected chi connectivity index (χ2v) is 3.93. The Morgan fingerprint density at radius 2 is 2.00 bits per heavy atom. The predicted molar refractivity (Wildman–Crippen MR) is 49.3 cm³/mol. The molecule has 0 aromatic carbocycles. The molecule has 3 unspecified atom stereocenters. The molecule has 0 aromatic rings. The maximum atomic E-state index is 10.5. The lowest BCUT2D eigenvalue weighted by molar-refractivity contribution is 0.556. The average Bonchev–Trinajstić information content (AvgIpc) is 1.96. The van der Waals surface area contributed by atoms with Crippen molar-refractivity contribution in [3.05, 3.63) is 24.1 Å². The third-order valence-electron chi connectivity index (χ3n) is 1.07. The van der Waals surface area contributed by atoms with Crippen LogP contribution >= 0.6 is 0 Å². The largest absolute Gasteiger partial charge is 0.306 e. The molecule has 12 heavy (non-hydrogen) atoms. The van der Waals surface area contributed by atoms with Gasteiger partial charge in [-0.15, -0.1) is 6.58 Å². The molecular formula is C6H10O4S2. The van der Waals surface area contributed by atoms with Crippen LogP contribution in [0.3, 0.4) is 0 Å². The molecule has 0 rings (SSSR count). The first kappa shape index (κ1) is 11.7. The van der Waals surface area contributed by atoms with Gasteiger partial charge in [-0.25, -0.2) is 8.42 Å². The zero-order chi connectivity index (χ0) is 9.56. The van der Waals surface area contributed by atoms with Crippen molar-refractivity contribution in [2.75, 3.05) is 0 Å². The quantitative estimate of drug-likeness (QED) is 0.522. The molecule has 0 fully saturated rings. The summed E-state index contributed by atoms with van der Waals surface area (Å²) >= 11 is -4.09. The second-order valence-electron chi connectivity index (χ2n) is 1.94. The van der Waals surface area contributed by atoms with Crippen LogP contribution in [-0.2, 0) is 22.2 Å². The summed E-state index contributed by atoms with van der Waals surface area (Å²) in [6.07, 6.45) is 3.01. The van der Waals surface area contributed by atoms with Gasteiger partial charge in [0.25, 0.3) is 0 Å². The molecule has 0 spiro atoms. The van der Waals surface area contributed by atoms with Crippen LogP contribution in [0.15, 0.2) is 24.1 Å². The van der Waals surface area contributed by atoms with Crippen molar-refractivity contribution in [1.82, 2.24) is 0 Å². The van der Waals surface area contributed by atoms with Gasteiger partial charge in [-0.05, 0) is 6.42 Å². The van der Waals surface area contributed by atoms with E-state index in [0.717, 1.165) is 5.41 Å². The summed E-state index contributed by atoms with van der Waals surface area (Å²) in [5.74, 6) is 0. The van der Waals surface area contributed by atoms with Crippen molar-refractivity contribution in [2.24, 2.45) is 0 Å². The highest BCUT2D eigenvalue weighted by Crippen LogP contribution is 2.03. The van der Waals surface area contributed by atoms with Gasteiger partial charge in [-0.1, -0.05) is 12.2 Å². The Morgan fingerprint density at radius 3 is 2.33 bits per heavy atom. The van der Waals surface area contributed by atoms with Crippen LogP contribution in [0.1, 0.15) is 6.42 Å². The molecule has 0 heterocycles. The van der Waals surface area contributed by atoms with Crippen LogP contribution in [0.2, 0.25) is 0 Å². The Kier molecular flexibility index (Phi) is 6.09. The lowest BCUT2D eigenvalue weighted by Gasteiger charge is -2.02. The van der Waals surface area contributed by atoms with Crippen LogP contribution < -0.4 is 0 Å². The molecule has 4 nitrogen and oxygen atoms in total. The summed E-state index contributed by atoms with van der Waals surface area (Å²) in [4.78, 5) is 0. The number of hydrogen-bond donors (Lipinski definition) is 2. The zero-order valence-corrected chi connectivity index (χ0v) is 7.88. The van der Waals surface area contributed by atoms with E-state index in [9.17, 15) is 8.42 Å². The molecule has 6 heteroatoms. The summed E-state index contributed by atoms with van der Waals surface area (Å²) in [5, 5.41) is 0.307. The van der Waals surface area contributed by atoms with Gasteiger partial charge in [0.05, 0.1) is 5.25 Å². The van der Waals surface area contributed by atoms with Gasteiger partial charge < -0.3 is 9.11 Å². The zero-order valence-electron chi connectivity index (χ0n) is 6.25. The molecule has 0 saturated carbocycles. The molecule has 0 aliphatic carbocycles. The van der Waals surface area contributed by atoms with Crippen LogP contribution in [0.25, 0.3) is 0 Å². The minimum Gasteiger partial charge on any atom is -0.306 e. The van der Waals surface area contributed by atoms with Crippen LogP contribution in [0.5, 0.6) is 0 Å². The molecule has 70 valence electrons. The minimum absolute atomic E-state index is 0.302. The van der Waals surface area contributed by atoms with E-state index in [1.807, 2.05) is 0 Å². The lowest BCUT2D eigenvalue weighted by Crippen LogP contribution is -2.10. The monoisotopic (exact) mass is 210 g/mol. The van der Waals surface area contributed by atoms with Crippen molar-refractivity contribution in [3.8, 4) is 0 Å². The highest BCUT2D eigenvalue weighted by Gasteiger charge is 2.08. The fraction of sp³-hybridized carbons (Fsp3) is 0.333. The number of rotatable bonds is 5. The summed E-state index contributed by atoms with van der Waals surface area (Å²) < 4.78 is 37.7. The van der Waals surface area contributed by atoms with Crippen molar-refractivity contribution in [1.29, 1.82) is 0 Å². The third-order valence-corrected chi connectivity index (χ3v) is 2.33. The van der Waals surface area contributed by atoms with E-state index in [-0.39, 0.29) is 0 Å². The van der Waals surface area contributed by atoms with E-state index in [2.05, 4.69) is 6.58 Å². The van der Waals surface area contributed by atoms with Gasteiger partial charge in [0.15, 0.2) is 22.2 Å². The molecule has 0 amide bonds. The molecular weight excluding hydrogens is 200 g/mol. The lowest BCUT2D eigenvalue weighted by atomic mass is 10.3. The van der Waals surface area contributed by atoms with Crippen LogP contribution in [0.4, 0.5) is 0 Å². The maximum Gasteiger partial charge on any atom is 0.178 e. The van der Waals surface area contributed by atoms with Crippen LogP contribution in [-0.4, -0.2) is 22.8 Å².